The van der Waals surface area contributed by atoms with E-state index in [1.54, 1.807) is 0 Å². The maximum Gasteiger partial charge on any atom is 0.326 e. The van der Waals surface area contributed by atoms with E-state index in [0.29, 0.717) is 18.9 Å². The summed E-state index contributed by atoms with van der Waals surface area (Å²) in [6.45, 7) is 1.89. The topological polar surface area (TPSA) is 104 Å². The maximum atomic E-state index is 13.3. The van der Waals surface area contributed by atoms with Crippen molar-refractivity contribution in [3.05, 3.63) is 35.9 Å². The summed E-state index contributed by atoms with van der Waals surface area (Å²) in [6.07, 6.45) is 5.61. The Labute approximate surface area is 184 Å². The highest BCUT2D eigenvalue weighted by Gasteiger charge is 2.49. The molecule has 1 amide bonds. The molecule has 7 nitrogen and oxygen atoms in total. The smallest absolute Gasteiger partial charge is 0.326 e. The number of carboxylic acids is 1. The van der Waals surface area contributed by atoms with Crippen molar-refractivity contribution in [2.75, 3.05) is 19.8 Å². The van der Waals surface area contributed by atoms with Gasteiger partial charge in [0.1, 0.15) is 17.5 Å². The zero-order valence-electron chi connectivity index (χ0n) is 18.4. The molecule has 31 heavy (non-hydrogen) atoms. The number of rotatable bonds is 8. The van der Waals surface area contributed by atoms with Crippen molar-refractivity contribution in [1.82, 2.24) is 4.90 Å². The molecule has 0 radical (unpaired) electrons. The van der Waals surface area contributed by atoms with E-state index in [2.05, 4.69) is 0 Å². The number of nitrogens with zero attached hydrogens (tertiary/aromatic N) is 1. The van der Waals surface area contributed by atoms with E-state index in [4.69, 9.17) is 4.74 Å². The lowest BCUT2D eigenvalue weighted by molar-refractivity contribution is -0.147. The third-order valence-corrected chi connectivity index (χ3v) is 9.68. The molecular weight excluding hydrogens is 417 g/mol. The first-order valence-electron chi connectivity index (χ1n) is 11.1. The van der Waals surface area contributed by atoms with Crippen molar-refractivity contribution >= 4 is 19.2 Å². The molecule has 4 unspecified atom stereocenters. The summed E-state index contributed by atoms with van der Waals surface area (Å²) in [6, 6.07) is 8.29. The van der Waals surface area contributed by atoms with Crippen LogP contribution < -0.4 is 0 Å². The van der Waals surface area contributed by atoms with Gasteiger partial charge in [0, 0.05) is 20.1 Å². The fraction of sp³-hybridized carbons (Fsp3) is 0.652. The second-order valence-electron chi connectivity index (χ2n) is 9.20. The van der Waals surface area contributed by atoms with Gasteiger partial charge in [-0.1, -0.05) is 62.4 Å². The second kappa shape index (κ2) is 9.85. The highest BCUT2D eigenvalue weighted by molar-refractivity contribution is 7.60. The van der Waals surface area contributed by atoms with Crippen LogP contribution in [-0.2, 0) is 25.3 Å². The van der Waals surface area contributed by atoms with Gasteiger partial charge in [-0.15, -0.1) is 0 Å². The van der Waals surface area contributed by atoms with Crippen LogP contribution in [-0.4, -0.2) is 58.0 Å². The van der Waals surface area contributed by atoms with Crippen LogP contribution in [0.15, 0.2) is 30.3 Å². The molecule has 3 rings (SSSR count). The average Bonchev–Trinajstić information content (AvgIpc) is 3.21. The van der Waals surface area contributed by atoms with Crippen LogP contribution in [0.4, 0.5) is 0 Å². The first-order chi connectivity index (χ1) is 14.7. The summed E-state index contributed by atoms with van der Waals surface area (Å²) in [7, 11) is -2.74. The predicted molar refractivity (Wildman–Crippen MR) is 118 cm³/mol. The van der Waals surface area contributed by atoms with Gasteiger partial charge in [0.2, 0.25) is 13.3 Å². The minimum atomic E-state index is -4.10. The zero-order chi connectivity index (χ0) is 22.6. The van der Waals surface area contributed by atoms with Gasteiger partial charge < -0.3 is 19.6 Å². The number of amides is 1. The van der Waals surface area contributed by atoms with Gasteiger partial charge in [0.05, 0.1) is 0 Å². The highest BCUT2D eigenvalue weighted by Crippen LogP contribution is 2.56. The summed E-state index contributed by atoms with van der Waals surface area (Å²) in [5.41, 5.74) is 0.829. The number of methoxy groups -OCH3 is 1. The van der Waals surface area contributed by atoms with Gasteiger partial charge >= 0.3 is 5.97 Å². The Morgan fingerprint density at radius 2 is 1.81 bits per heavy atom. The summed E-state index contributed by atoms with van der Waals surface area (Å²) < 4.78 is 18.8. The molecule has 8 heteroatoms. The number of benzene rings is 1. The quantitative estimate of drug-likeness (QED) is 0.584. The molecule has 2 fully saturated rings. The fourth-order valence-corrected chi connectivity index (χ4v) is 6.68. The molecule has 4 atom stereocenters. The van der Waals surface area contributed by atoms with Crippen LogP contribution in [0.3, 0.4) is 0 Å². The van der Waals surface area contributed by atoms with Crippen molar-refractivity contribution in [1.29, 1.82) is 0 Å². The van der Waals surface area contributed by atoms with Gasteiger partial charge in [0.25, 0.3) is 0 Å². The molecule has 172 valence electrons. The van der Waals surface area contributed by atoms with E-state index >= 15 is 0 Å². The fourth-order valence-electron chi connectivity index (χ4n) is 5.08. The van der Waals surface area contributed by atoms with Crippen molar-refractivity contribution in [3.63, 3.8) is 0 Å². The van der Waals surface area contributed by atoms with Crippen molar-refractivity contribution in [2.45, 2.75) is 63.3 Å². The molecule has 0 spiro atoms. The molecule has 1 aliphatic heterocycles. The minimum Gasteiger partial charge on any atom is -0.480 e. The Kier molecular flexibility index (Phi) is 7.61. The van der Waals surface area contributed by atoms with Gasteiger partial charge in [-0.25, -0.2) is 4.79 Å². The van der Waals surface area contributed by atoms with Crippen LogP contribution in [0.5, 0.6) is 0 Å². The number of hydrogen-bond acceptors (Lipinski definition) is 4. The predicted octanol–water partition coefficient (Wildman–Crippen LogP) is 3.74. The van der Waals surface area contributed by atoms with Crippen molar-refractivity contribution in [3.8, 4) is 0 Å². The summed E-state index contributed by atoms with van der Waals surface area (Å²) in [4.78, 5) is 37.2. The number of carboxylic acid groups (broad SMARTS) is 1. The number of aliphatic carboxylic acids is 1. The van der Waals surface area contributed by atoms with Crippen molar-refractivity contribution in [2.24, 2.45) is 11.8 Å². The average molecular weight is 452 g/mol. The maximum absolute atomic E-state index is 13.3. The van der Waals surface area contributed by atoms with Crippen LogP contribution in [0.1, 0.15) is 51.0 Å². The number of carbonyl (C=O) groups excluding carboxylic acids is 1. The molecule has 2 aliphatic rings. The Morgan fingerprint density at radius 3 is 2.39 bits per heavy atom. The number of likely N-dealkylation sites (tertiary alicyclic amines) is 1. The Hall–Kier alpha value is -1.69. The monoisotopic (exact) mass is 451 g/mol. The van der Waals surface area contributed by atoms with E-state index < -0.39 is 36.8 Å². The van der Waals surface area contributed by atoms with E-state index in [0.717, 1.165) is 31.2 Å². The molecular formula is C23H34NO6P. The van der Waals surface area contributed by atoms with Gasteiger partial charge in [-0.05, 0) is 30.7 Å². The first kappa shape index (κ1) is 24.0. The molecule has 1 aromatic rings. The Morgan fingerprint density at radius 1 is 1.16 bits per heavy atom. The van der Waals surface area contributed by atoms with Gasteiger partial charge in [0.15, 0.2) is 0 Å². The summed E-state index contributed by atoms with van der Waals surface area (Å²) >= 11 is 0. The summed E-state index contributed by atoms with van der Waals surface area (Å²) in [5, 5.41) is 8.26. The SMILES string of the molecule is COC(C)(Cc1ccccc1)P(=O)(O)CC(=O)N1CC(C2CCCCC2)CC1C(=O)O. The van der Waals surface area contributed by atoms with E-state index in [1.165, 1.54) is 25.4 Å². The van der Waals surface area contributed by atoms with Crippen LogP contribution in [0.25, 0.3) is 0 Å². The van der Waals surface area contributed by atoms with Crippen molar-refractivity contribution < 1.29 is 28.9 Å². The lowest BCUT2D eigenvalue weighted by atomic mass is 9.79. The lowest BCUT2D eigenvalue weighted by Crippen LogP contribution is -2.43. The number of ether oxygens (including phenoxy) is 1. The molecule has 1 saturated heterocycles. The Bertz CT molecular complexity index is 825. The first-order valence-corrected chi connectivity index (χ1v) is 12.9. The normalized spacial score (nSPS) is 26.2. The van der Waals surface area contributed by atoms with E-state index in [1.807, 2.05) is 30.3 Å². The molecule has 0 bridgehead atoms. The largest absolute Gasteiger partial charge is 0.480 e. The van der Waals surface area contributed by atoms with Gasteiger partial charge in [-0.3, -0.25) is 9.36 Å². The van der Waals surface area contributed by atoms with Gasteiger partial charge in [-0.2, -0.15) is 0 Å². The van der Waals surface area contributed by atoms with Crippen LogP contribution in [0, 0.1) is 11.8 Å². The minimum absolute atomic E-state index is 0.140. The van der Waals surface area contributed by atoms with E-state index in [-0.39, 0.29) is 12.3 Å². The van der Waals surface area contributed by atoms with Crippen LogP contribution >= 0.6 is 7.37 Å². The third kappa shape index (κ3) is 5.39. The summed E-state index contributed by atoms with van der Waals surface area (Å²) in [5.74, 6) is -1.05. The lowest BCUT2D eigenvalue weighted by Gasteiger charge is -2.34. The molecule has 1 saturated carbocycles. The molecule has 1 aliphatic carbocycles. The highest BCUT2D eigenvalue weighted by atomic mass is 31.2. The molecule has 2 N–H and O–H groups in total. The number of carbonyl (C=O) groups is 2. The van der Waals surface area contributed by atoms with E-state index in [9.17, 15) is 24.2 Å². The standard InChI is InChI=1S/C23H34NO6P/c1-23(30-2,14-17-9-5-3-6-10-17)31(28,29)16-21(25)24-15-19(13-20(24)22(26)27)18-11-7-4-8-12-18/h3,5-6,9-10,18-20H,4,7-8,11-16H2,1-2H3,(H,26,27)(H,28,29). The Balaban J connectivity index is 1.73. The van der Waals surface area contributed by atoms with Crippen LogP contribution in [0.2, 0.25) is 0 Å². The molecule has 1 aromatic carbocycles. The number of hydrogen-bond donors (Lipinski definition) is 2. The molecule has 0 aromatic heterocycles. The zero-order valence-corrected chi connectivity index (χ0v) is 19.3. The molecule has 1 heterocycles. The second-order valence-corrected chi connectivity index (χ2v) is 11.9. The third-order valence-electron chi connectivity index (χ3n) is 7.16.